The summed E-state index contributed by atoms with van der Waals surface area (Å²) in [5, 5.41) is 18.6. The Kier molecular flexibility index (Phi) is 9.84. The molecule has 6 nitrogen and oxygen atoms in total. The van der Waals surface area contributed by atoms with Crippen molar-refractivity contribution in [1.82, 2.24) is 25.4 Å². The summed E-state index contributed by atoms with van der Waals surface area (Å²) in [4.78, 5) is 6.14. The molecule has 2 aromatic rings. The lowest BCUT2D eigenvalue weighted by molar-refractivity contribution is 0.477. The van der Waals surface area contributed by atoms with Crippen LogP contribution in [0.2, 0.25) is 0 Å². The van der Waals surface area contributed by atoms with Crippen molar-refractivity contribution >= 4 is 29.1 Å². The van der Waals surface area contributed by atoms with Crippen molar-refractivity contribution < 1.29 is 0 Å². The van der Waals surface area contributed by atoms with E-state index in [2.05, 4.69) is 76.9 Å². The predicted molar refractivity (Wildman–Crippen MR) is 122 cm³/mol. The van der Waals surface area contributed by atoms with Crippen molar-refractivity contribution in [2.45, 2.75) is 58.2 Å². The quantitative estimate of drug-likeness (QED) is 0.248. The van der Waals surface area contributed by atoms with Crippen molar-refractivity contribution in [3.8, 4) is 0 Å². The fourth-order valence-electron chi connectivity index (χ4n) is 2.89. The lowest BCUT2D eigenvalue weighted by Crippen LogP contribution is -2.38. The minimum atomic E-state index is 0.440. The number of hydrogen-bond acceptors (Lipinski definition) is 5. The molecular weight excluding hydrogens is 388 g/mol. The van der Waals surface area contributed by atoms with Crippen molar-refractivity contribution in [3.63, 3.8) is 0 Å². The molecule has 0 aromatic carbocycles. The van der Waals surface area contributed by atoms with E-state index in [4.69, 9.17) is 4.99 Å². The second-order valence-electron chi connectivity index (χ2n) is 7.27. The van der Waals surface area contributed by atoms with E-state index in [1.165, 1.54) is 4.88 Å². The molecule has 0 spiro atoms. The lowest BCUT2D eigenvalue weighted by atomic mass is 10.1. The molecule has 2 N–H and O–H groups in total. The molecule has 2 rings (SSSR count). The number of guanidine groups is 1. The number of hydrogen-bond donors (Lipinski definition) is 2. The van der Waals surface area contributed by atoms with E-state index < -0.39 is 0 Å². The largest absolute Gasteiger partial charge is 0.357 e. The first-order valence-electron chi connectivity index (χ1n) is 10.1. The van der Waals surface area contributed by atoms with Gasteiger partial charge in [-0.05, 0) is 37.0 Å². The number of aryl methyl sites for hydroxylation is 1. The van der Waals surface area contributed by atoms with E-state index in [1.807, 2.05) is 0 Å². The Balaban J connectivity index is 1.84. The molecule has 1 unspecified atom stereocenters. The Morgan fingerprint density at radius 3 is 2.75 bits per heavy atom. The van der Waals surface area contributed by atoms with Gasteiger partial charge in [-0.1, -0.05) is 38.6 Å². The zero-order valence-electron chi connectivity index (χ0n) is 17.7. The fourth-order valence-corrected chi connectivity index (χ4v) is 4.19. The molecule has 0 bridgehead atoms. The van der Waals surface area contributed by atoms with Gasteiger partial charge in [-0.15, -0.1) is 21.5 Å². The maximum absolute atomic E-state index is 4.75. The number of nitrogens with zero attached hydrogens (tertiary/aromatic N) is 4. The highest BCUT2D eigenvalue weighted by atomic mass is 32.2. The summed E-state index contributed by atoms with van der Waals surface area (Å²) >= 11 is 3.46. The average Bonchev–Trinajstić information content (AvgIpc) is 3.33. The molecule has 0 saturated heterocycles. The Labute approximate surface area is 177 Å². The molecule has 0 aliphatic rings. The van der Waals surface area contributed by atoms with Gasteiger partial charge in [0.1, 0.15) is 5.82 Å². The second-order valence-corrected chi connectivity index (χ2v) is 9.03. The molecule has 2 aromatic heterocycles. The van der Waals surface area contributed by atoms with Gasteiger partial charge in [-0.25, -0.2) is 0 Å². The van der Waals surface area contributed by atoms with Crippen LogP contribution >= 0.6 is 23.1 Å². The molecule has 0 radical (unpaired) electrons. The number of aliphatic imine (C=N–C) groups is 1. The van der Waals surface area contributed by atoms with Gasteiger partial charge in [0.15, 0.2) is 11.1 Å². The number of nitrogens with one attached hydrogen (secondary N) is 2. The Morgan fingerprint density at radius 2 is 2.11 bits per heavy atom. The number of rotatable bonds is 11. The maximum Gasteiger partial charge on any atom is 0.191 e. The number of aromatic nitrogens is 3. The maximum atomic E-state index is 4.75. The second kappa shape index (κ2) is 12.1. The molecular formula is C20H34N6S2. The van der Waals surface area contributed by atoms with Gasteiger partial charge in [0, 0.05) is 36.9 Å². The molecule has 8 heteroatoms. The van der Waals surface area contributed by atoms with Crippen molar-refractivity contribution in [2.75, 3.05) is 25.9 Å². The Hall–Kier alpha value is -1.54. The van der Waals surface area contributed by atoms with E-state index >= 15 is 0 Å². The van der Waals surface area contributed by atoms with Gasteiger partial charge in [0.05, 0.1) is 6.54 Å². The highest BCUT2D eigenvalue weighted by Crippen LogP contribution is 2.20. The molecule has 2 heterocycles. The van der Waals surface area contributed by atoms with E-state index in [0.717, 1.165) is 56.0 Å². The van der Waals surface area contributed by atoms with E-state index in [0.29, 0.717) is 11.8 Å². The summed E-state index contributed by atoms with van der Waals surface area (Å²) < 4.78 is 2.26. The third kappa shape index (κ3) is 7.13. The van der Waals surface area contributed by atoms with E-state index in [9.17, 15) is 0 Å². The minimum absolute atomic E-state index is 0.440. The third-order valence-electron chi connectivity index (χ3n) is 4.29. The summed E-state index contributed by atoms with van der Waals surface area (Å²) in [5.41, 5.74) is 0. The smallest absolute Gasteiger partial charge is 0.191 e. The Morgan fingerprint density at radius 1 is 1.29 bits per heavy atom. The van der Waals surface area contributed by atoms with Gasteiger partial charge in [0.25, 0.3) is 0 Å². The van der Waals surface area contributed by atoms with Gasteiger partial charge in [0.2, 0.25) is 0 Å². The van der Waals surface area contributed by atoms with Crippen LogP contribution in [0.1, 0.15) is 50.7 Å². The summed E-state index contributed by atoms with van der Waals surface area (Å²) in [6, 6.07) is 4.28. The van der Waals surface area contributed by atoms with Crippen LogP contribution in [0.25, 0.3) is 0 Å². The van der Waals surface area contributed by atoms with Gasteiger partial charge in [-0.3, -0.25) is 4.99 Å². The van der Waals surface area contributed by atoms with Gasteiger partial charge >= 0.3 is 0 Å². The molecule has 0 amide bonds. The van der Waals surface area contributed by atoms with Crippen LogP contribution in [0.15, 0.2) is 27.7 Å². The lowest BCUT2D eigenvalue weighted by Gasteiger charge is -2.14. The summed E-state index contributed by atoms with van der Waals surface area (Å²) in [7, 11) is 0. The molecule has 0 aliphatic carbocycles. The highest BCUT2D eigenvalue weighted by molar-refractivity contribution is 7.98. The highest BCUT2D eigenvalue weighted by Gasteiger charge is 2.12. The third-order valence-corrected chi connectivity index (χ3v) is 6.06. The first kappa shape index (κ1) is 22.7. The van der Waals surface area contributed by atoms with Crippen LogP contribution < -0.4 is 10.6 Å². The zero-order valence-corrected chi connectivity index (χ0v) is 19.4. The van der Waals surface area contributed by atoms with Crippen molar-refractivity contribution in [3.05, 3.63) is 28.2 Å². The molecule has 0 fully saturated rings. The number of thioether (sulfide) groups is 1. The molecule has 0 aliphatic heterocycles. The van der Waals surface area contributed by atoms with Gasteiger partial charge < -0.3 is 15.2 Å². The normalized spacial score (nSPS) is 13.1. The van der Waals surface area contributed by atoms with E-state index in [1.54, 1.807) is 23.1 Å². The fraction of sp³-hybridized carbons (Fsp3) is 0.650. The van der Waals surface area contributed by atoms with Crippen LogP contribution in [0, 0.1) is 5.92 Å². The molecule has 156 valence electrons. The molecule has 0 saturated carbocycles. The first-order valence-corrected chi connectivity index (χ1v) is 12.2. The monoisotopic (exact) mass is 422 g/mol. The zero-order chi connectivity index (χ0) is 20.4. The summed E-state index contributed by atoms with van der Waals surface area (Å²) in [6.07, 6.45) is 3.97. The number of thiophene rings is 1. The van der Waals surface area contributed by atoms with Crippen LogP contribution in [0.4, 0.5) is 0 Å². The van der Waals surface area contributed by atoms with Crippen LogP contribution in [-0.2, 0) is 13.0 Å². The van der Waals surface area contributed by atoms with Crippen molar-refractivity contribution in [2.24, 2.45) is 10.9 Å². The van der Waals surface area contributed by atoms with Crippen LogP contribution in [-0.4, -0.2) is 46.6 Å². The van der Waals surface area contributed by atoms with Crippen LogP contribution in [0.3, 0.4) is 0 Å². The molecule has 1 atom stereocenters. The predicted octanol–water partition coefficient (Wildman–Crippen LogP) is 4.01. The average molecular weight is 423 g/mol. The van der Waals surface area contributed by atoms with Crippen LogP contribution in [0.5, 0.6) is 0 Å². The summed E-state index contributed by atoms with van der Waals surface area (Å²) in [5.74, 6) is 2.99. The molecule has 28 heavy (non-hydrogen) atoms. The standard InChI is InChI=1S/C20H34N6S2/c1-6-21-19(23-13-16(4)17-9-8-12-28-17)22-11-7-10-18-24-25-20(27-5)26(18)14-15(2)3/h8-9,12,15-16H,6-7,10-11,13-14H2,1-5H3,(H2,21,22,23). The van der Waals surface area contributed by atoms with E-state index in [-0.39, 0.29) is 0 Å². The summed E-state index contributed by atoms with van der Waals surface area (Å²) in [6.45, 7) is 12.3. The SMILES string of the molecule is CCNC(=NCC(C)c1cccs1)NCCCc1nnc(SC)n1CC(C)C. The minimum Gasteiger partial charge on any atom is -0.357 e. The Bertz CT molecular complexity index is 708. The first-order chi connectivity index (χ1) is 13.5. The topological polar surface area (TPSA) is 67.1 Å². The van der Waals surface area contributed by atoms with Gasteiger partial charge in [-0.2, -0.15) is 0 Å². The van der Waals surface area contributed by atoms with Crippen molar-refractivity contribution in [1.29, 1.82) is 0 Å².